The van der Waals surface area contributed by atoms with E-state index in [2.05, 4.69) is 40.8 Å². The second-order valence-electron chi connectivity index (χ2n) is 6.77. The van der Waals surface area contributed by atoms with Gasteiger partial charge in [0, 0.05) is 13.0 Å². The zero-order valence-electron chi connectivity index (χ0n) is 12.7. The van der Waals surface area contributed by atoms with Crippen molar-refractivity contribution in [1.82, 2.24) is 0 Å². The highest BCUT2D eigenvalue weighted by molar-refractivity contribution is 6.74. The number of ketones is 1. The fourth-order valence-electron chi connectivity index (χ4n) is 1.35. The predicted molar refractivity (Wildman–Crippen MR) is 76.8 cm³/mol. The van der Waals surface area contributed by atoms with Gasteiger partial charge in [-0.05, 0) is 43.8 Å². The highest BCUT2D eigenvalue weighted by atomic mass is 28.4. The van der Waals surface area contributed by atoms with Crippen molar-refractivity contribution in [3.63, 3.8) is 0 Å². The maximum atomic E-state index is 10.8. The third kappa shape index (κ3) is 6.99. The third-order valence-electron chi connectivity index (χ3n) is 3.76. The molecule has 0 aliphatic heterocycles. The molecule has 0 bridgehead atoms. The molecule has 102 valence electrons. The molecule has 0 saturated heterocycles. The third-order valence-corrected chi connectivity index (χ3v) is 8.26. The first-order valence-electron chi connectivity index (χ1n) is 6.69. The summed E-state index contributed by atoms with van der Waals surface area (Å²) in [5, 5.41) is 0.284. The standard InChI is InChI=1S/C14H30O2Si/c1-12(9-8-10-13(2)15)11-16-17(6,7)14(3,4)5/h12H,8-11H2,1-7H3/t12-/m0/s1. The Kier molecular flexibility index (Phi) is 6.63. The smallest absolute Gasteiger partial charge is 0.191 e. The average molecular weight is 258 g/mol. The zero-order valence-corrected chi connectivity index (χ0v) is 13.7. The van der Waals surface area contributed by atoms with Crippen molar-refractivity contribution in [2.24, 2.45) is 5.92 Å². The van der Waals surface area contributed by atoms with Crippen LogP contribution in [0.2, 0.25) is 18.1 Å². The van der Waals surface area contributed by atoms with Crippen LogP contribution in [0, 0.1) is 5.92 Å². The number of hydrogen-bond donors (Lipinski definition) is 0. The van der Waals surface area contributed by atoms with E-state index >= 15 is 0 Å². The molecule has 0 saturated carbocycles. The Labute approximate surface area is 108 Å². The molecule has 0 radical (unpaired) electrons. The van der Waals surface area contributed by atoms with Crippen LogP contribution < -0.4 is 0 Å². The molecule has 17 heavy (non-hydrogen) atoms. The van der Waals surface area contributed by atoms with Gasteiger partial charge < -0.3 is 9.22 Å². The minimum absolute atomic E-state index is 0.284. The van der Waals surface area contributed by atoms with E-state index in [0.717, 1.165) is 19.4 Å². The van der Waals surface area contributed by atoms with Crippen LogP contribution in [0.25, 0.3) is 0 Å². The lowest BCUT2D eigenvalue weighted by Crippen LogP contribution is -2.41. The van der Waals surface area contributed by atoms with Gasteiger partial charge in [-0.1, -0.05) is 27.7 Å². The summed E-state index contributed by atoms with van der Waals surface area (Å²) in [5.41, 5.74) is 0. The number of carbonyl (C=O) groups is 1. The molecule has 0 rings (SSSR count). The zero-order chi connectivity index (χ0) is 13.7. The molecule has 0 fully saturated rings. The Morgan fingerprint density at radius 2 is 1.82 bits per heavy atom. The maximum Gasteiger partial charge on any atom is 0.191 e. The molecular formula is C14H30O2Si. The molecule has 1 atom stereocenters. The summed E-state index contributed by atoms with van der Waals surface area (Å²) < 4.78 is 6.17. The molecule has 0 aromatic carbocycles. The van der Waals surface area contributed by atoms with Gasteiger partial charge >= 0.3 is 0 Å². The highest BCUT2D eigenvalue weighted by Crippen LogP contribution is 2.36. The van der Waals surface area contributed by atoms with Crippen molar-refractivity contribution in [1.29, 1.82) is 0 Å². The van der Waals surface area contributed by atoms with E-state index in [-0.39, 0.29) is 5.04 Å². The first-order valence-corrected chi connectivity index (χ1v) is 9.60. The van der Waals surface area contributed by atoms with E-state index in [1.54, 1.807) is 6.92 Å². The summed E-state index contributed by atoms with van der Waals surface area (Å²) in [4.78, 5) is 10.8. The van der Waals surface area contributed by atoms with Gasteiger partial charge in [0.2, 0.25) is 0 Å². The topological polar surface area (TPSA) is 26.3 Å². The Balaban J connectivity index is 3.91. The largest absolute Gasteiger partial charge is 0.417 e. The quantitative estimate of drug-likeness (QED) is 0.633. The van der Waals surface area contributed by atoms with Gasteiger partial charge in [-0.15, -0.1) is 0 Å². The average Bonchev–Trinajstić information content (AvgIpc) is 2.12. The summed E-state index contributed by atoms with van der Waals surface area (Å²) in [6, 6.07) is 0. The van der Waals surface area contributed by atoms with Crippen LogP contribution >= 0.6 is 0 Å². The molecule has 0 unspecified atom stereocenters. The van der Waals surface area contributed by atoms with Gasteiger partial charge in [-0.3, -0.25) is 0 Å². The fourth-order valence-corrected chi connectivity index (χ4v) is 2.48. The molecule has 0 N–H and O–H groups in total. The summed E-state index contributed by atoms with van der Waals surface area (Å²) >= 11 is 0. The van der Waals surface area contributed by atoms with Crippen LogP contribution in [0.1, 0.15) is 53.9 Å². The lowest BCUT2D eigenvalue weighted by molar-refractivity contribution is -0.117. The van der Waals surface area contributed by atoms with Crippen LogP contribution in [0.5, 0.6) is 0 Å². The molecule has 2 nitrogen and oxygen atoms in total. The summed E-state index contributed by atoms with van der Waals surface area (Å²) in [6.07, 6.45) is 2.80. The maximum absolute atomic E-state index is 10.8. The summed E-state index contributed by atoms with van der Waals surface area (Å²) in [6.45, 7) is 16.1. The number of rotatable bonds is 7. The first-order chi connectivity index (χ1) is 7.56. The molecule has 0 aliphatic carbocycles. The Morgan fingerprint density at radius 1 is 1.29 bits per heavy atom. The molecule has 0 spiro atoms. The summed E-state index contributed by atoms with van der Waals surface area (Å²) in [5.74, 6) is 0.853. The molecule has 0 aromatic rings. The fraction of sp³-hybridized carbons (Fsp3) is 0.929. The van der Waals surface area contributed by atoms with Crippen molar-refractivity contribution in [3.05, 3.63) is 0 Å². The number of hydrogen-bond acceptors (Lipinski definition) is 2. The molecule has 0 aromatic heterocycles. The van der Waals surface area contributed by atoms with Crippen LogP contribution in [-0.4, -0.2) is 20.7 Å². The van der Waals surface area contributed by atoms with Gasteiger partial charge in [0.25, 0.3) is 0 Å². The molecule has 0 amide bonds. The van der Waals surface area contributed by atoms with Crippen LogP contribution in [0.15, 0.2) is 0 Å². The second-order valence-corrected chi connectivity index (χ2v) is 11.6. The number of Topliss-reactive ketones (excluding diaryl/α,β-unsaturated/α-hetero) is 1. The van der Waals surface area contributed by atoms with Gasteiger partial charge in [0.05, 0.1) is 0 Å². The van der Waals surface area contributed by atoms with E-state index in [0.29, 0.717) is 18.1 Å². The van der Waals surface area contributed by atoms with E-state index in [1.807, 2.05) is 0 Å². The first kappa shape index (κ1) is 16.8. The molecule has 3 heteroatoms. The second kappa shape index (κ2) is 6.69. The van der Waals surface area contributed by atoms with Crippen LogP contribution in [-0.2, 0) is 9.22 Å². The Morgan fingerprint density at radius 3 is 2.24 bits per heavy atom. The van der Waals surface area contributed by atoms with E-state index in [1.165, 1.54) is 0 Å². The van der Waals surface area contributed by atoms with Crippen molar-refractivity contribution in [2.75, 3.05) is 6.61 Å². The van der Waals surface area contributed by atoms with Crippen LogP contribution in [0.4, 0.5) is 0 Å². The lowest BCUT2D eigenvalue weighted by Gasteiger charge is -2.37. The molecule has 0 aliphatic rings. The minimum Gasteiger partial charge on any atom is -0.417 e. The lowest BCUT2D eigenvalue weighted by atomic mass is 10.0. The van der Waals surface area contributed by atoms with Gasteiger partial charge in [0.1, 0.15) is 5.78 Å². The highest BCUT2D eigenvalue weighted by Gasteiger charge is 2.37. The predicted octanol–water partition coefficient (Wildman–Crippen LogP) is 4.40. The van der Waals surface area contributed by atoms with E-state index in [9.17, 15) is 4.79 Å². The Hall–Kier alpha value is -0.153. The SMILES string of the molecule is CC(=O)CCC[C@H](C)CO[Si](C)(C)C(C)(C)C. The van der Waals surface area contributed by atoms with Gasteiger partial charge in [0.15, 0.2) is 8.32 Å². The van der Waals surface area contributed by atoms with Crippen molar-refractivity contribution in [2.45, 2.75) is 72.0 Å². The van der Waals surface area contributed by atoms with Crippen molar-refractivity contribution in [3.8, 4) is 0 Å². The van der Waals surface area contributed by atoms with Crippen molar-refractivity contribution >= 4 is 14.1 Å². The normalized spacial score (nSPS) is 14.8. The van der Waals surface area contributed by atoms with E-state index in [4.69, 9.17) is 4.43 Å². The monoisotopic (exact) mass is 258 g/mol. The Bertz CT molecular complexity index is 241. The summed E-state index contributed by atoms with van der Waals surface area (Å²) in [7, 11) is -1.60. The van der Waals surface area contributed by atoms with E-state index < -0.39 is 8.32 Å². The van der Waals surface area contributed by atoms with Gasteiger partial charge in [-0.2, -0.15) is 0 Å². The molecule has 0 heterocycles. The number of carbonyl (C=O) groups excluding carboxylic acids is 1. The minimum atomic E-state index is -1.60. The van der Waals surface area contributed by atoms with Crippen molar-refractivity contribution < 1.29 is 9.22 Å². The van der Waals surface area contributed by atoms with Gasteiger partial charge in [-0.25, -0.2) is 0 Å². The molecular weight excluding hydrogens is 228 g/mol. The van der Waals surface area contributed by atoms with Crippen LogP contribution in [0.3, 0.4) is 0 Å².